The fraction of sp³-hybridized carbons (Fsp3) is 0.286. The first-order chi connectivity index (χ1) is 12.6. The Morgan fingerprint density at radius 2 is 1.85 bits per heavy atom. The molecule has 27 heavy (non-hydrogen) atoms. The van der Waals surface area contributed by atoms with E-state index in [1.54, 1.807) is 6.07 Å². The highest BCUT2D eigenvalue weighted by atomic mass is 35.5. The average Bonchev–Trinajstić information content (AvgIpc) is 2.68. The Hall–Kier alpha value is -2.50. The molecule has 1 fully saturated rings. The maximum atomic E-state index is 11.1. The van der Waals surface area contributed by atoms with Crippen molar-refractivity contribution in [3.8, 4) is 11.5 Å². The highest BCUT2D eigenvalue weighted by Gasteiger charge is 2.23. The monoisotopic (exact) mass is 388 g/mol. The Labute approximate surface area is 165 Å². The van der Waals surface area contributed by atoms with Crippen LogP contribution in [0.25, 0.3) is 5.70 Å². The van der Waals surface area contributed by atoms with Crippen LogP contribution in [0.4, 0.5) is 0 Å². The van der Waals surface area contributed by atoms with Crippen LogP contribution in [0, 0.1) is 0 Å². The van der Waals surface area contributed by atoms with Gasteiger partial charge in [-0.3, -0.25) is 4.79 Å². The van der Waals surface area contributed by atoms with Crippen molar-refractivity contribution >= 4 is 24.4 Å². The summed E-state index contributed by atoms with van der Waals surface area (Å²) in [7, 11) is 0. The van der Waals surface area contributed by atoms with Gasteiger partial charge in [0.1, 0.15) is 6.29 Å². The molecule has 0 unspecified atom stereocenters. The molecule has 1 aliphatic rings. The van der Waals surface area contributed by atoms with Crippen LogP contribution in [0.5, 0.6) is 11.5 Å². The summed E-state index contributed by atoms with van der Waals surface area (Å²) >= 11 is 0. The second-order valence-corrected chi connectivity index (χ2v) is 6.60. The topological polar surface area (TPSA) is 86.8 Å². The van der Waals surface area contributed by atoms with Gasteiger partial charge in [0.25, 0.3) is 0 Å². The largest absolute Gasteiger partial charge is 0.504 e. The molecule has 1 aliphatic heterocycles. The summed E-state index contributed by atoms with van der Waals surface area (Å²) in [5.41, 5.74) is 9.69. The van der Waals surface area contributed by atoms with Crippen molar-refractivity contribution in [2.45, 2.75) is 25.3 Å². The molecule has 5 nitrogen and oxygen atoms in total. The van der Waals surface area contributed by atoms with E-state index in [1.165, 1.54) is 23.8 Å². The van der Waals surface area contributed by atoms with Crippen LogP contribution in [0.1, 0.15) is 35.4 Å². The van der Waals surface area contributed by atoms with E-state index in [0.29, 0.717) is 12.5 Å². The molecule has 4 N–H and O–H groups in total. The molecular formula is C21H25ClN2O3. The number of hydrogen-bond acceptors (Lipinski definition) is 5. The standard InChI is InChI=1S/C21H24N2O3.ClH/c22-14-15-2-1-3-17(12-15)16-6-9-23(10-7-16)19(8-11-24)18-4-5-20(25)21(26)13-18;/h1-5,8,11-13,16,25-26H,6-7,9-10,14,22H2;1H/b19-8+;. The van der Waals surface area contributed by atoms with Gasteiger partial charge in [0.15, 0.2) is 11.5 Å². The third kappa shape index (κ3) is 4.81. The van der Waals surface area contributed by atoms with Crippen molar-refractivity contribution in [2.24, 2.45) is 5.73 Å². The van der Waals surface area contributed by atoms with Gasteiger partial charge >= 0.3 is 0 Å². The number of benzene rings is 2. The zero-order valence-corrected chi connectivity index (χ0v) is 15.9. The maximum absolute atomic E-state index is 11.1. The quantitative estimate of drug-likeness (QED) is 0.415. The van der Waals surface area contributed by atoms with E-state index >= 15 is 0 Å². The summed E-state index contributed by atoms with van der Waals surface area (Å²) in [5.74, 6) is 0.119. The number of carbonyl (C=O) groups excluding carboxylic acids is 1. The lowest BCUT2D eigenvalue weighted by molar-refractivity contribution is -0.104. The van der Waals surface area contributed by atoms with Gasteiger partial charge in [-0.1, -0.05) is 24.3 Å². The predicted molar refractivity (Wildman–Crippen MR) is 109 cm³/mol. The maximum Gasteiger partial charge on any atom is 0.158 e. The number of nitrogens with two attached hydrogens (primary N) is 1. The number of carbonyl (C=O) groups is 1. The molecule has 0 saturated carbocycles. The van der Waals surface area contributed by atoms with Crippen molar-refractivity contribution in [1.29, 1.82) is 0 Å². The number of aldehydes is 1. The summed E-state index contributed by atoms with van der Waals surface area (Å²) < 4.78 is 0. The van der Waals surface area contributed by atoms with Crippen LogP contribution < -0.4 is 5.73 Å². The lowest BCUT2D eigenvalue weighted by atomic mass is 9.88. The second-order valence-electron chi connectivity index (χ2n) is 6.60. The van der Waals surface area contributed by atoms with Crippen molar-refractivity contribution in [3.63, 3.8) is 0 Å². The van der Waals surface area contributed by atoms with Gasteiger partial charge in [0.05, 0.1) is 0 Å². The first-order valence-electron chi connectivity index (χ1n) is 8.84. The molecule has 1 heterocycles. The molecule has 3 rings (SSSR count). The molecule has 0 spiro atoms. The smallest absolute Gasteiger partial charge is 0.158 e. The highest BCUT2D eigenvalue weighted by molar-refractivity contribution is 5.85. The van der Waals surface area contributed by atoms with Crippen LogP contribution in [-0.2, 0) is 11.3 Å². The molecule has 0 atom stereocenters. The number of likely N-dealkylation sites (tertiary alicyclic amines) is 1. The van der Waals surface area contributed by atoms with E-state index in [2.05, 4.69) is 23.1 Å². The molecule has 2 aromatic rings. The minimum atomic E-state index is -0.187. The Kier molecular flexibility index (Phi) is 7.28. The number of nitrogens with zero attached hydrogens (tertiary/aromatic N) is 1. The fourth-order valence-corrected chi connectivity index (χ4v) is 3.56. The number of phenolic OH excluding ortho intramolecular Hbond substituents is 2. The number of piperidine rings is 1. The SMILES string of the molecule is Cl.NCc1cccc(C2CCN(/C(=C/C=O)c3ccc(O)c(O)c3)CC2)c1. The summed E-state index contributed by atoms with van der Waals surface area (Å²) in [4.78, 5) is 13.3. The third-order valence-corrected chi connectivity index (χ3v) is 4.99. The fourth-order valence-electron chi connectivity index (χ4n) is 3.56. The van der Waals surface area contributed by atoms with Gasteiger partial charge in [-0.05, 0) is 48.1 Å². The Morgan fingerprint density at radius 3 is 2.48 bits per heavy atom. The number of phenols is 2. The molecule has 0 bridgehead atoms. The Bertz CT molecular complexity index is 815. The van der Waals surface area contributed by atoms with Crippen molar-refractivity contribution < 1.29 is 15.0 Å². The van der Waals surface area contributed by atoms with Crippen LogP contribution in [0.3, 0.4) is 0 Å². The average molecular weight is 389 g/mol. The first kappa shape index (κ1) is 20.8. The lowest BCUT2D eigenvalue weighted by Crippen LogP contribution is -2.31. The van der Waals surface area contributed by atoms with Crippen LogP contribution in [-0.4, -0.2) is 34.5 Å². The molecule has 1 saturated heterocycles. The van der Waals surface area contributed by atoms with Gasteiger partial charge < -0.3 is 20.8 Å². The van der Waals surface area contributed by atoms with E-state index in [1.807, 2.05) is 6.07 Å². The minimum Gasteiger partial charge on any atom is -0.504 e. The van der Waals surface area contributed by atoms with Crippen molar-refractivity contribution in [2.75, 3.05) is 13.1 Å². The van der Waals surface area contributed by atoms with Crippen molar-refractivity contribution in [1.82, 2.24) is 4.90 Å². The Balaban J connectivity index is 0.00000261. The number of allylic oxidation sites excluding steroid dienone is 1. The van der Waals surface area contributed by atoms with Gasteiger partial charge in [-0.25, -0.2) is 0 Å². The zero-order chi connectivity index (χ0) is 18.5. The normalized spacial score (nSPS) is 15.3. The second kappa shape index (κ2) is 9.44. The first-order valence-corrected chi connectivity index (χ1v) is 8.84. The lowest BCUT2D eigenvalue weighted by Gasteiger charge is -2.35. The van der Waals surface area contributed by atoms with E-state index in [4.69, 9.17) is 5.73 Å². The van der Waals surface area contributed by atoms with Crippen molar-refractivity contribution in [3.05, 3.63) is 65.2 Å². The summed E-state index contributed by atoms with van der Waals surface area (Å²) in [6, 6.07) is 13.1. The van der Waals surface area contributed by atoms with E-state index in [0.717, 1.165) is 49.0 Å². The van der Waals surface area contributed by atoms with Gasteiger partial charge in [0, 0.05) is 37.0 Å². The van der Waals surface area contributed by atoms with E-state index in [-0.39, 0.29) is 23.9 Å². The molecular weight excluding hydrogens is 364 g/mol. The molecule has 144 valence electrons. The van der Waals surface area contributed by atoms with Crippen LogP contribution in [0.15, 0.2) is 48.5 Å². The molecule has 2 aromatic carbocycles. The molecule has 0 aliphatic carbocycles. The third-order valence-electron chi connectivity index (χ3n) is 4.99. The van der Waals surface area contributed by atoms with Gasteiger partial charge in [-0.15, -0.1) is 12.4 Å². The molecule has 0 radical (unpaired) electrons. The molecule has 6 heteroatoms. The van der Waals surface area contributed by atoms with E-state index in [9.17, 15) is 15.0 Å². The van der Waals surface area contributed by atoms with Crippen LogP contribution in [0.2, 0.25) is 0 Å². The molecule has 0 aromatic heterocycles. The van der Waals surface area contributed by atoms with Gasteiger partial charge in [-0.2, -0.15) is 0 Å². The summed E-state index contributed by atoms with van der Waals surface area (Å²) in [6.07, 6.45) is 4.24. The Morgan fingerprint density at radius 1 is 1.11 bits per heavy atom. The number of rotatable bonds is 5. The minimum absolute atomic E-state index is 0. The summed E-state index contributed by atoms with van der Waals surface area (Å²) in [6.45, 7) is 2.18. The highest BCUT2D eigenvalue weighted by Crippen LogP contribution is 2.34. The number of hydrogen-bond donors (Lipinski definition) is 3. The molecule has 0 amide bonds. The predicted octanol–water partition coefficient (Wildman–Crippen LogP) is 3.40. The van der Waals surface area contributed by atoms with Crippen LogP contribution >= 0.6 is 12.4 Å². The zero-order valence-electron chi connectivity index (χ0n) is 15.0. The summed E-state index contributed by atoms with van der Waals surface area (Å²) in [5, 5.41) is 19.3. The van der Waals surface area contributed by atoms with Gasteiger partial charge in [0.2, 0.25) is 0 Å². The number of aromatic hydroxyl groups is 2. The number of halogens is 1. The van der Waals surface area contributed by atoms with E-state index < -0.39 is 0 Å².